The maximum absolute atomic E-state index is 10.1. The molecule has 0 unspecified atom stereocenters. The maximum atomic E-state index is 10.1. The first kappa shape index (κ1) is 12.1. The molecule has 0 aliphatic carbocycles. The normalized spacial score (nSPS) is 12.4. The standard InChI is InChI=1S/C14H15NOS/c1-2-17-12-8-6-11(7-9-12)14(16)13-5-3-4-10-15-13/h3-10,14,16H,2H2,1H3/t14-/m1/s1. The Morgan fingerprint density at radius 3 is 2.53 bits per heavy atom. The summed E-state index contributed by atoms with van der Waals surface area (Å²) in [5.41, 5.74) is 1.56. The Morgan fingerprint density at radius 2 is 1.94 bits per heavy atom. The molecule has 0 radical (unpaired) electrons. The molecule has 3 heteroatoms. The van der Waals surface area contributed by atoms with E-state index in [-0.39, 0.29) is 0 Å². The van der Waals surface area contributed by atoms with Crippen LogP contribution in [0.3, 0.4) is 0 Å². The molecule has 17 heavy (non-hydrogen) atoms. The third-order valence-corrected chi connectivity index (χ3v) is 3.37. The molecule has 0 fully saturated rings. The number of aliphatic hydroxyl groups excluding tert-OH is 1. The van der Waals surface area contributed by atoms with Gasteiger partial charge in [0.1, 0.15) is 6.10 Å². The predicted octanol–water partition coefficient (Wildman–Crippen LogP) is 3.28. The molecule has 0 amide bonds. The van der Waals surface area contributed by atoms with Gasteiger partial charge in [0.25, 0.3) is 0 Å². The van der Waals surface area contributed by atoms with Crippen LogP contribution < -0.4 is 0 Å². The summed E-state index contributed by atoms with van der Waals surface area (Å²) < 4.78 is 0. The van der Waals surface area contributed by atoms with Gasteiger partial charge in [-0.25, -0.2) is 0 Å². The molecule has 1 N–H and O–H groups in total. The monoisotopic (exact) mass is 245 g/mol. The topological polar surface area (TPSA) is 33.1 Å². The van der Waals surface area contributed by atoms with Gasteiger partial charge in [-0.3, -0.25) is 4.98 Å². The van der Waals surface area contributed by atoms with Gasteiger partial charge in [-0.15, -0.1) is 11.8 Å². The fraction of sp³-hybridized carbons (Fsp3) is 0.214. The quantitative estimate of drug-likeness (QED) is 0.839. The molecule has 2 rings (SSSR count). The van der Waals surface area contributed by atoms with Crippen LogP contribution in [0.4, 0.5) is 0 Å². The number of thioether (sulfide) groups is 1. The van der Waals surface area contributed by atoms with Crippen LogP contribution in [0.25, 0.3) is 0 Å². The van der Waals surface area contributed by atoms with E-state index >= 15 is 0 Å². The summed E-state index contributed by atoms with van der Waals surface area (Å²) in [6.45, 7) is 2.13. The van der Waals surface area contributed by atoms with Gasteiger partial charge in [0.15, 0.2) is 0 Å². The largest absolute Gasteiger partial charge is 0.382 e. The molecule has 0 saturated carbocycles. The molecule has 1 atom stereocenters. The minimum absolute atomic E-state index is 0.642. The van der Waals surface area contributed by atoms with E-state index in [0.717, 1.165) is 11.3 Å². The fourth-order valence-corrected chi connectivity index (χ4v) is 2.28. The number of aliphatic hydroxyl groups is 1. The fourth-order valence-electron chi connectivity index (χ4n) is 1.62. The molecular formula is C14H15NOS. The first-order chi connectivity index (χ1) is 8.31. The van der Waals surface area contributed by atoms with Crippen molar-refractivity contribution in [1.29, 1.82) is 0 Å². The van der Waals surface area contributed by atoms with Gasteiger partial charge in [0, 0.05) is 11.1 Å². The van der Waals surface area contributed by atoms with Crippen LogP contribution in [-0.4, -0.2) is 15.8 Å². The molecule has 2 nitrogen and oxygen atoms in total. The SMILES string of the molecule is CCSc1ccc([C@@H](O)c2ccccn2)cc1. The van der Waals surface area contributed by atoms with E-state index < -0.39 is 6.10 Å². The Bertz CT molecular complexity index is 455. The Balaban J connectivity index is 2.17. The van der Waals surface area contributed by atoms with E-state index in [2.05, 4.69) is 11.9 Å². The highest BCUT2D eigenvalue weighted by atomic mass is 32.2. The lowest BCUT2D eigenvalue weighted by atomic mass is 10.1. The highest BCUT2D eigenvalue weighted by molar-refractivity contribution is 7.99. The van der Waals surface area contributed by atoms with Gasteiger partial charge in [0.2, 0.25) is 0 Å². The molecule has 0 saturated heterocycles. The average molecular weight is 245 g/mol. The van der Waals surface area contributed by atoms with Crippen molar-refractivity contribution in [3.8, 4) is 0 Å². The summed E-state index contributed by atoms with van der Waals surface area (Å²) in [5.74, 6) is 1.06. The number of hydrogen-bond acceptors (Lipinski definition) is 3. The molecule has 0 spiro atoms. The third-order valence-electron chi connectivity index (χ3n) is 2.47. The van der Waals surface area contributed by atoms with Crippen LogP contribution >= 0.6 is 11.8 Å². The van der Waals surface area contributed by atoms with E-state index in [4.69, 9.17) is 0 Å². The number of hydrogen-bond donors (Lipinski definition) is 1. The Hall–Kier alpha value is -1.32. The number of rotatable bonds is 4. The van der Waals surface area contributed by atoms with Crippen molar-refractivity contribution in [3.63, 3.8) is 0 Å². The van der Waals surface area contributed by atoms with Gasteiger partial charge in [-0.1, -0.05) is 25.1 Å². The molecule has 0 aliphatic rings. The van der Waals surface area contributed by atoms with Crippen LogP contribution in [0.15, 0.2) is 53.6 Å². The van der Waals surface area contributed by atoms with E-state index in [0.29, 0.717) is 5.69 Å². The van der Waals surface area contributed by atoms with E-state index in [9.17, 15) is 5.11 Å². The highest BCUT2D eigenvalue weighted by Gasteiger charge is 2.10. The maximum Gasteiger partial charge on any atom is 0.121 e. The zero-order valence-corrected chi connectivity index (χ0v) is 10.5. The Kier molecular flexibility index (Phi) is 4.18. The second-order valence-corrected chi connectivity index (χ2v) is 5.00. The third kappa shape index (κ3) is 3.08. The molecule has 0 aliphatic heterocycles. The molecule has 0 bridgehead atoms. The first-order valence-corrected chi connectivity index (χ1v) is 6.61. The molecular weight excluding hydrogens is 230 g/mol. The smallest absolute Gasteiger partial charge is 0.121 e. The lowest BCUT2D eigenvalue weighted by molar-refractivity contribution is 0.215. The van der Waals surface area contributed by atoms with Crippen molar-refractivity contribution in [1.82, 2.24) is 4.98 Å². The molecule has 88 valence electrons. The van der Waals surface area contributed by atoms with E-state index in [1.807, 2.05) is 42.5 Å². The zero-order chi connectivity index (χ0) is 12.1. The number of nitrogens with zero attached hydrogens (tertiary/aromatic N) is 1. The van der Waals surface area contributed by atoms with Crippen LogP contribution in [0, 0.1) is 0 Å². The Labute approximate surface area is 106 Å². The first-order valence-electron chi connectivity index (χ1n) is 5.63. The number of aromatic nitrogens is 1. The van der Waals surface area contributed by atoms with Crippen molar-refractivity contribution < 1.29 is 5.11 Å². The number of benzene rings is 1. The van der Waals surface area contributed by atoms with Gasteiger partial charge in [0.05, 0.1) is 5.69 Å². The highest BCUT2D eigenvalue weighted by Crippen LogP contribution is 2.23. The van der Waals surface area contributed by atoms with Crippen molar-refractivity contribution in [2.24, 2.45) is 0 Å². The van der Waals surface area contributed by atoms with E-state index in [1.165, 1.54) is 4.90 Å². The minimum Gasteiger partial charge on any atom is -0.382 e. The lowest BCUT2D eigenvalue weighted by Gasteiger charge is -2.10. The summed E-state index contributed by atoms with van der Waals surface area (Å²) in [7, 11) is 0. The van der Waals surface area contributed by atoms with Gasteiger partial charge < -0.3 is 5.11 Å². The lowest BCUT2D eigenvalue weighted by Crippen LogP contribution is -2.01. The van der Waals surface area contributed by atoms with Crippen molar-refractivity contribution in [2.75, 3.05) is 5.75 Å². The van der Waals surface area contributed by atoms with Crippen molar-refractivity contribution >= 4 is 11.8 Å². The second kappa shape index (κ2) is 5.84. The summed E-state index contributed by atoms with van der Waals surface area (Å²) in [6.07, 6.45) is 1.05. The number of pyridine rings is 1. The van der Waals surface area contributed by atoms with Crippen molar-refractivity contribution in [2.45, 2.75) is 17.9 Å². The molecule has 1 aromatic carbocycles. The van der Waals surface area contributed by atoms with Gasteiger partial charge >= 0.3 is 0 Å². The summed E-state index contributed by atoms with van der Waals surface area (Å²) >= 11 is 1.79. The molecule has 1 heterocycles. The average Bonchev–Trinajstić information content (AvgIpc) is 2.40. The van der Waals surface area contributed by atoms with E-state index in [1.54, 1.807) is 18.0 Å². The van der Waals surface area contributed by atoms with Crippen LogP contribution in [0.1, 0.15) is 24.3 Å². The van der Waals surface area contributed by atoms with Crippen LogP contribution in [0.2, 0.25) is 0 Å². The van der Waals surface area contributed by atoms with Crippen LogP contribution in [0.5, 0.6) is 0 Å². The Morgan fingerprint density at radius 1 is 1.18 bits per heavy atom. The second-order valence-electron chi connectivity index (χ2n) is 3.66. The molecule has 1 aromatic heterocycles. The summed E-state index contributed by atoms with van der Waals surface area (Å²) in [4.78, 5) is 5.38. The molecule has 2 aromatic rings. The van der Waals surface area contributed by atoms with Gasteiger partial charge in [-0.2, -0.15) is 0 Å². The predicted molar refractivity (Wildman–Crippen MR) is 71.1 cm³/mol. The van der Waals surface area contributed by atoms with Crippen molar-refractivity contribution in [3.05, 3.63) is 59.9 Å². The zero-order valence-electron chi connectivity index (χ0n) is 9.71. The minimum atomic E-state index is -0.642. The van der Waals surface area contributed by atoms with Gasteiger partial charge in [-0.05, 0) is 35.6 Å². The summed E-state index contributed by atoms with van der Waals surface area (Å²) in [5, 5.41) is 10.1. The van der Waals surface area contributed by atoms with Crippen LogP contribution in [-0.2, 0) is 0 Å². The summed E-state index contributed by atoms with van der Waals surface area (Å²) in [6, 6.07) is 13.5.